The normalized spacial score (nSPS) is 22.6. The van der Waals surface area contributed by atoms with Crippen molar-refractivity contribution >= 4 is 23.2 Å². The summed E-state index contributed by atoms with van der Waals surface area (Å²) in [7, 11) is 0. The molecule has 2 aliphatic rings. The lowest BCUT2D eigenvalue weighted by Gasteiger charge is -2.39. The highest BCUT2D eigenvalue weighted by molar-refractivity contribution is 7.07. The van der Waals surface area contributed by atoms with Crippen LogP contribution in [0.3, 0.4) is 0 Å². The van der Waals surface area contributed by atoms with Crippen molar-refractivity contribution in [3.63, 3.8) is 0 Å². The number of hydrogen-bond acceptors (Lipinski definition) is 4. The van der Waals surface area contributed by atoms with E-state index < -0.39 is 0 Å². The fraction of sp³-hybridized carbons (Fsp3) is 0.476. The molecule has 1 spiro atoms. The van der Waals surface area contributed by atoms with Crippen LogP contribution in [0.1, 0.15) is 36.8 Å². The predicted molar refractivity (Wildman–Crippen MR) is 105 cm³/mol. The molecule has 2 aliphatic heterocycles. The number of carbonyl (C=O) groups excluding carboxylic acids is 2. The molecule has 2 fully saturated rings. The van der Waals surface area contributed by atoms with E-state index in [0.29, 0.717) is 26.1 Å². The molecule has 0 N–H and O–H groups in total. The molecule has 27 heavy (non-hydrogen) atoms. The summed E-state index contributed by atoms with van der Waals surface area (Å²) in [6, 6.07) is 5.99. The summed E-state index contributed by atoms with van der Waals surface area (Å²) >= 11 is 1.66. The van der Waals surface area contributed by atoms with E-state index in [1.54, 1.807) is 17.5 Å². The Labute approximate surface area is 164 Å². The van der Waals surface area contributed by atoms with Crippen molar-refractivity contribution in [1.29, 1.82) is 0 Å². The van der Waals surface area contributed by atoms with Gasteiger partial charge in [-0.15, -0.1) is 0 Å². The smallest absolute Gasteiger partial charge is 0.230 e. The summed E-state index contributed by atoms with van der Waals surface area (Å²) in [6.45, 7) is 2.69. The molecule has 2 aromatic rings. The molecule has 0 aliphatic carbocycles. The third kappa shape index (κ3) is 3.90. The summed E-state index contributed by atoms with van der Waals surface area (Å²) in [5, 5.41) is 4.14. The van der Waals surface area contributed by atoms with Crippen molar-refractivity contribution in [3.05, 3.63) is 52.5 Å². The predicted octanol–water partition coefficient (Wildman–Crippen LogP) is 3.12. The number of carbonyl (C=O) groups is 2. The number of nitrogens with zero attached hydrogens (tertiary/aromatic N) is 3. The van der Waals surface area contributed by atoms with Crippen LogP contribution in [0.5, 0.6) is 0 Å². The van der Waals surface area contributed by atoms with Gasteiger partial charge in [-0.25, -0.2) is 0 Å². The Balaban J connectivity index is 1.38. The van der Waals surface area contributed by atoms with Crippen molar-refractivity contribution in [2.45, 2.75) is 38.6 Å². The second-order valence-electron chi connectivity index (χ2n) is 7.67. The van der Waals surface area contributed by atoms with E-state index in [0.717, 1.165) is 37.8 Å². The molecule has 0 unspecified atom stereocenters. The topological polar surface area (TPSA) is 53.5 Å². The first-order chi connectivity index (χ1) is 13.2. The number of rotatable bonds is 5. The van der Waals surface area contributed by atoms with Gasteiger partial charge >= 0.3 is 0 Å². The van der Waals surface area contributed by atoms with Crippen LogP contribution in [-0.4, -0.2) is 46.2 Å². The van der Waals surface area contributed by atoms with Gasteiger partial charge in [0.15, 0.2) is 0 Å². The lowest BCUT2D eigenvalue weighted by Crippen LogP contribution is -2.50. The molecule has 4 rings (SSSR count). The highest BCUT2D eigenvalue weighted by Gasteiger charge is 2.49. The van der Waals surface area contributed by atoms with Gasteiger partial charge in [-0.05, 0) is 59.7 Å². The molecule has 4 heterocycles. The second kappa shape index (κ2) is 7.80. The van der Waals surface area contributed by atoms with Crippen molar-refractivity contribution in [2.75, 3.05) is 19.6 Å². The van der Waals surface area contributed by atoms with Gasteiger partial charge in [-0.3, -0.25) is 14.6 Å². The maximum Gasteiger partial charge on any atom is 0.230 e. The van der Waals surface area contributed by atoms with Gasteiger partial charge in [-0.1, -0.05) is 6.07 Å². The molecule has 5 nitrogen and oxygen atoms in total. The number of piperidine rings is 1. The molecule has 0 radical (unpaired) electrons. The Morgan fingerprint density at radius 1 is 1.22 bits per heavy atom. The quantitative estimate of drug-likeness (QED) is 0.797. The fourth-order valence-electron chi connectivity index (χ4n) is 4.32. The molecule has 1 atom stereocenters. The Hall–Kier alpha value is -2.21. The van der Waals surface area contributed by atoms with Crippen molar-refractivity contribution < 1.29 is 9.59 Å². The van der Waals surface area contributed by atoms with Gasteiger partial charge in [0.2, 0.25) is 11.8 Å². The van der Waals surface area contributed by atoms with E-state index >= 15 is 0 Å². The van der Waals surface area contributed by atoms with Crippen LogP contribution in [0, 0.1) is 5.41 Å². The third-order valence-electron chi connectivity index (χ3n) is 5.83. The monoisotopic (exact) mass is 383 g/mol. The zero-order valence-corrected chi connectivity index (χ0v) is 16.3. The molecule has 0 aromatic carbocycles. The van der Waals surface area contributed by atoms with Crippen LogP contribution in [0.2, 0.25) is 0 Å². The number of pyridine rings is 1. The minimum atomic E-state index is -0.376. The Morgan fingerprint density at radius 2 is 2.15 bits per heavy atom. The summed E-state index contributed by atoms with van der Waals surface area (Å²) in [4.78, 5) is 33.9. The number of amides is 2. The van der Waals surface area contributed by atoms with E-state index in [9.17, 15) is 9.59 Å². The Kier molecular flexibility index (Phi) is 5.25. The van der Waals surface area contributed by atoms with E-state index in [2.05, 4.69) is 16.4 Å². The average molecular weight is 384 g/mol. The van der Waals surface area contributed by atoms with Crippen LogP contribution in [0.4, 0.5) is 0 Å². The first kappa shape index (κ1) is 18.2. The number of thiophene rings is 1. The van der Waals surface area contributed by atoms with Crippen LogP contribution < -0.4 is 0 Å². The van der Waals surface area contributed by atoms with Crippen LogP contribution >= 0.6 is 11.3 Å². The van der Waals surface area contributed by atoms with Gasteiger partial charge in [0.25, 0.3) is 0 Å². The summed E-state index contributed by atoms with van der Waals surface area (Å²) in [6.07, 6.45) is 7.57. The Morgan fingerprint density at radius 3 is 2.93 bits per heavy atom. The number of aryl methyl sites for hydroxylation is 1. The van der Waals surface area contributed by atoms with Crippen LogP contribution in [0.15, 0.2) is 41.4 Å². The molecule has 2 saturated heterocycles. The summed E-state index contributed by atoms with van der Waals surface area (Å²) < 4.78 is 0. The maximum absolute atomic E-state index is 13.2. The minimum Gasteiger partial charge on any atom is -0.342 e. The minimum absolute atomic E-state index is 0.176. The Bertz CT molecular complexity index is 793. The van der Waals surface area contributed by atoms with E-state index in [4.69, 9.17) is 0 Å². The second-order valence-corrected chi connectivity index (χ2v) is 8.45. The lowest BCUT2D eigenvalue weighted by atomic mass is 9.78. The third-order valence-corrected chi connectivity index (χ3v) is 6.57. The fourth-order valence-corrected chi connectivity index (χ4v) is 5.03. The largest absolute Gasteiger partial charge is 0.342 e. The molecule has 2 amide bonds. The lowest BCUT2D eigenvalue weighted by molar-refractivity contribution is -0.146. The van der Waals surface area contributed by atoms with E-state index in [1.807, 2.05) is 33.5 Å². The number of aromatic nitrogens is 1. The zero-order chi connectivity index (χ0) is 18.7. The molecule has 6 heteroatoms. The molecular weight excluding hydrogens is 358 g/mol. The van der Waals surface area contributed by atoms with Gasteiger partial charge in [0.05, 0.1) is 5.41 Å². The first-order valence-corrected chi connectivity index (χ1v) is 10.6. The van der Waals surface area contributed by atoms with Gasteiger partial charge in [-0.2, -0.15) is 11.3 Å². The van der Waals surface area contributed by atoms with Gasteiger partial charge in [0, 0.05) is 45.0 Å². The van der Waals surface area contributed by atoms with Crippen molar-refractivity contribution in [1.82, 2.24) is 14.8 Å². The van der Waals surface area contributed by atoms with Crippen LogP contribution in [0.25, 0.3) is 0 Å². The molecule has 0 bridgehead atoms. The highest BCUT2D eigenvalue weighted by atomic mass is 32.1. The maximum atomic E-state index is 13.2. The van der Waals surface area contributed by atoms with E-state index in [-0.39, 0.29) is 17.2 Å². The first-order valence-electron chi connectivity index (χ1n) is 9.63. The van der Waals surface area contributed by atoms with Crippen molar-refractivity contribution in [2.24, 2.45) is 5.41 Å². The number of likely N-dealkylation sites (tertiary alicyclic amines) is 2. The summed E-state index contributed by atoms with van der Waals surface area (Å²) in [5.41, 5.74) is 1.90. The molecule has 142 valence electrons. The zero-order valence-electron chi connectivity index (χ0n) is 15.5. The molecular formula is C21H25N3O2S. The van der Waals surface area contributed by atoms with Gasteiger partial charge < -0.3 is 9.80 Å². The van der Waals surface area contributed by atoms with Crippen LogP contribution in [-0.2, 0) is 22.6 Å². The SMILES string of the molecule is O=C(CCc1ccsc1)N1CC[C@@]2(CCCN(Cc3cccnc3)C2=O)C1. The van der Waals surface area contributed by atoms with Gasteiger partial charge in [0.1, 0.15) is 0 Å². The van der Waals surface area contributed by atoms with E-state index in [1.165, 1.54) is 5.56 Å². The highest BCUT2D eigenvalue weighted by Crippen LogP contribution is 2.40. The molecule has 2 aromatic heterocycles. The molecule has 0 saturated carbocycles. The number of hydrogen-bond donors (Lipinski definition) is 0. The summed E-state index contributed by atoms with van der Waals surface area (Å²) in [5.74, 6) is 0.390. The standard InChI is InChI=1S/C21H25N3O2S/c25-19(5-4-17-6-12-27-15-17)24-11-8-21(16-24)7-2-10-23(20(21)26)14-18-3-1-9-22-13-18/h1,3,6,9,12-13,15H,2,4-5,7-8,10-11,14,16H2/t21-/m0/s1. The average Bonchev–Trinajstić information content (AvgIpc) is 3.35. The van der Waals surface area contributed by atoms with Crippen molar-refractivity contribution in [3.8, 4) is 0 Å².